The number of aryl methyl sites for hydroxylation is 1. The lowest BCUT2D eigenvalue weighted by molar-refractivity contribution is 0.102. The van der Waals surface area contributed by atoms with Crippen molar-refractivity contribution in [2.45, 2.75) is 30.6 Å². The number of benzene rings is 2. The van der Waals surface area contributed by atoms with E-state index >= 15 is 0 Å². The predicted molar refractivity (Wildman–Crippen MR) is 123 cm³/mol. The average molecular weight is 512 g/mol. The summed E-state index contributed by atoms with van der Waals surface area (Å²) in [6.07, 6.45) is 1.13. The maximum Gasteiger partial charge on any atom is 0.275 e. The van der Waals surface area contributed by atoms with Crippen molar-refractivity contribution < 1.29 is 22.0 Å². The molecule has 0 radical (unpaired) electrons. The minimum Gasteiger partial charge on any atom is -0.321 e. The zero-order valence-electron chi connectivity index (χ0n) is 17.5. The van der Waals surface area contributed by atoms with Gasteiger partial charge >= 0.3 is 0 Å². The SMILES string of the molecule is Cc1ccc(S(=O)(=O)N2CCC(c3nc(C(=O)Nc4ccc(F)c(F)c4)cs3)CC2)cc1Cl. The maximum absolute atomic E-state index is 13.3. The Bertz CT molecular complexity index is 1310. The molecule has 0 unspecified atom stereocenters. The molecule has 0 bridgehead atoms. The predicted octanol–water partition coefficient (Wildman–Crippen LogP) is 5.20. The fourth-order valence-electron chi connectivity index (χ4n) is 3.57. The third kappa shape index (κ3) is 5.08. The van der Waals surface area contributed by atoms with Crippen LogP contribution in [0.2, 0.25) is 5.02 Å². The van der Waals surface area contributed by atoms with E-state index in [4.69, 9.17) is 11.6 Å². The van der Waals surface area contributed by atoms with Gasteiger partial charge in [0.05, 0.1) is 9.90 Å². The minimum absolute atomic E-state index is 0.0212. The van der Waals surface area contributed by atoms with E-state index in [1.54, 1.807) is 17.5 Å². The zero-order valence-corrected chi connectivity index (χ0v) is 19.9. The van der Waals surface area contributed by atoms with E-state index < -0.39 is 27.6 Å². The van der Waals surface area contributed by atoms with Crippen molar-refractivity contribution in [1.29, 1.82) is 0 Å². The number of hydrogen-bond donors (Lipinski definition) is 1. The largest absolute Gasteiger partial charge is 0.321 e. The van der Waals surface area contributed by atoms with Gasteiger partial charge in [-0.1, -0.05) is 17.7 Å². The van der Waals surface area contributed by atoms with Gasteiger partial charge in [-0.2, -0.15) is 4.31 Å². The third-order valence-electron chi connectivity index (χ3n) is 5.52. The van der Waals surface area contributed by atoms with E-state index in [9.17, 15) is 22.0 Å². The highest BCUT2D eigenvalue weighted by Gasteiger charge is 2.31. The van der Waals surface area contributed by atoms with Gasteiger partial charge in [0.1, 0.15) is 5.69 Å². The topological polar surface area (TPSA) is 79.4 Å². The van der Waals surface area contributed by atoms with Gasteiger partial charge in [0.25, 0.3) is 5.91 Å². The molecule has 1 aromatic heterocycles. The number of thiazole rings is 1. The lowest BCUT2D eigenvalue weighted by atomic mass is 9.99. The fraction of sp³-hybridized carbons (Fsp3) is 0.273. The van der Waals surface area contributed by atoms with Crippen LogP contribution in [-0.4, -0.2) is 36.7 Å². The molecule has 3 aromatic rings. The normalized spacial score (nSPS) is 15.5. The highest BCUT2D eigenvalue weighted by molar-refractivity contribution is 7.89. The highest BCUT2D eigenvalue weighted by Crippen LogP contribution is 2.33. The van der Waals surface area contributed by atoms with E-state index in [1.165, 1.54) is 27.8 Å². The summed E-state index contributed by atoms with van der Waals surface area (Å²) in [6, 6.07) is 7.81. The van der Waals surface area contributed by atoms with E-state index in [1.807, 2.05) is 6.92 Å². The molecule has 1 fully saturated rings. The summed E-state index contributed by atoms with van der Waals surface area (Å²) in [7, 11) is -3.65. The van der Waals surface area contributed by atoms with Crippen LogP contribution in [0.5, 0.6) is 0 Å². The van der Waals surface area contributed by atoms with Gasteiger partial charge in [-0.15, -0.1) is 11.3 Å². The second-order valence-corrected chi connectivity index (χ2v) is 11.0. The quantitative estimate of drug-likeness (QED) is 0.510. The number of amides is 1. The molecule has 2 aromatic carbocycles. The monoisotopic (exact) mass is 511 g/mol. The molecule has 33 heavy (non-hydrogen) atoms. The van der Waals surface area contributed by atoms with Crippen molar-refractivity contribution in [3.8, 4) is 0 Å². The lowest BCUT2D eigenvalue weighted by Gasteiger charge is -2.30. The van der Waals surface area contributed by atoms with Gasteiger partial charge in [0, 0.05) is 41.2 Å². The molecule has 174 valence electrons. The van der Waals surface area contributed by atoms with Gasteiger partial charge in [0.15, 0.2) is 11.6 Å². The van der Waals surface area contributed by atoms with Crippen LogP contribution in [0.1, 0.15) is 39.8 Å². The van der Waals surface area contributed by atoms with Crippen molar-refractivity contribution in [3.05, 3.63) is 74.7 Å². The number of nitrogens with zero attached hydrogens (tertiary/aromatic N) is 2. The molecule has 1 saturated heterocycles. The molecule has 2 heterocycles. The van der Waals surface area contributed by atoms with Crippen molar-refractivity contribution in [2.75, 3.05) is 18.4 Å². The number of nitrogens with one attached hydrogen (secondary N) is 1. The Morgan fingerprint density at radius 3 is 2.55 bits per heavy atom. The number of piperidine rings is 1. The number of rotatable bonds is 5. The second kappa shape index (κ2) is 9.46. The van der Waals surface area contributed by atoms with Crippen molar-refractivity contribution in [1.82, 2.24) is 9.29 Å². The number of carbonyl (C=O) groups is 1. The van der Waals surface area contributed by atoms with Crippen LogP contribution in [0, 0.1) is 18.6 Å². The average Bonchev–Trinajstić information content (AvgIpc) is 3.29. The number of halogens is 3. The standard InChI is InChI=1S/C22H20ClF2N3O3S2/c1-13-2-4-16(11-17(13)23)33(30,31)28-8-6-14(7-9-28)22-27-20(12-32-22)21(29)26-15-3-5-18(24)19(25)10-15/h2-5,10-12,14H,6-9H2,1H3,(H,26,29). The number of aromatic nitrogens is 1. The van der Waals surface area contributed by atoms with Crippen molar-refractivity contribution in [2.24, 2.45) is 0 Å². The van der Waals surface area contributed by atoms with Crippen molar-refractivity contribution >= 4 is 44.6 Å². The Hall–Kier alpha value is -2.40. The van der Waals surface area contributed by atoms with Crippen LogP contribution in [0.3, 0.4) is 0 Å². The number of anilines is 1. The molecule has 0 saturated carbocycles. The summed E-state index contributed by atoms with van der Waals surface area (Å²) in [6.45, 7) is 2.47. The molecule has 0 spiro atoms. The highest BCUT2D eigenvalue weighted by atomic mass is 35.5. The van der Waals surface area contributed by atoms with E-state index in [-0.39, 0.29) is 22.2 Å². The summed E-state index contributed by atoms with van der Waals surface area (Å²) >= 11 is 7.42. The number of carbonyl (C=O) groups excluding carboxylic acids is 1. The first-order valence-corrected chi connectivity index (χ1v) is 12.8. The van der Waals surface area contributed by atoms with Crippen LogP contribution in [0.15, 0.2) is 46.7 Å². The van der Waals surface area contributed by atoms with Crippen LogP contribution < -0.4 is 5.32 Å². The molecule has 1 aliphatic heterocycles. The summed E-state index contributed by atoms with van der Waals surface area (Å²) in [5.41, 5.74) is 1.11. The summed E-state index contributed by atoms with van der Waals surface area (Å²) in [5.74, 6) is -2.56. The maximum atomic E-state index is 13.3. The second-order valence-electron chi connectivity index (χ2n) is 7.74. The molecule has 1 N–H and O–H groups in total. The summed E-state index contributed by atoms with van der Waals surface area (Å²) in [4.78, 5) is 17.0. The van der Waals surface area contributed by atoms with Gasteiger partial charge in [-0.3, -0.25) is 4.79 Å². The zero-order chi connectivity index (χ0) is 23.8. The number of hydrogen-bond acceptors (Lipinski definition) is 5. The fourth-order valence-corrected chi connectivity index (χ4v) is 6.29. The molecule has 0 atom stereocenters. The van der Waals surface area contributed by atoms with Crippen LogP contribution >= 0.6 is 22.9 Å². The van der Waals surface area contributed by atoms with E-state index in [0.717, 1.165) is 22.7 Å². The Kier molecular flexibility index (Phi) is 6.81. The number of sulfonamides is 1. The first kappa shape index (κ1) is 23.7. The van der Waals surface area contributed by atoms with Crippen LogP contribution in [-0.2, 0) is 10.0 Å². The molecule has 0 aliphatic carbocycles. The molecule has 1 amide bonds. The van der Waals surface area contributed by atoms with Crippen molar-refractivity contribution in [3.63, 3.8) is 0 Å². The minimum atomic E-state index is -3.65. The molecular formula is C22H20ClF2N3O3S2. The molecule has 4 rings (SSSR count). The van der Waals surface area contributed by atoms with Crippen LogP contribution in [0.4, 0.5) is 14.5 Å². The first-order chi connectivity index (χ1) is 15.6. The Morgan fingerprint density at radius 1 is 1.15 bits per heavy atom. The third-order valence-corrected chi connectivity index (χ3v) is 8.83. The van der Waals surface area contributed by atoms with Gasteiger partial charge in [0.2, 0.25) is 10.0 Å². The van der Waals surface area contributed by atoms with E-state index in [2.05, 4.69) is 10.3 Å². The van der Waals surface area contributed by atoms with Gasteiger partial charge in [-0.05, 0) is 49.6 Å². The molecule has 11 heteroatoms. The summed E-state index contributed by atoms with van der Waals surface area (Å²) in [5, 5.41) is 5.24. The van der Waals surface area contributed by atoms with Crippen LogP contribution in [0.25, 0.3) is 0 Å². The first-order valence-electron chi connectivity index (χ1n) is 10.1. The Balaban J connectivity index is 1.39. The van der Waals surface area contributed by atoms with Gasteiger partial charge < -0.3 is 5.32 Å². The molecule has 6 nitrogen and oxygen atoms in total. The van der Waals surface area contributed by atoms with Gasteiger partial charge in [-0.25, -0.2) is 22.2 Å². The summed E-state index contributed by atoms with van der Waals surface area (Å²) < 4.78 is 53.8. The Labute approximate surface area is 199 Å². The lowest BCUT2D eigenvalue weighted by Crippen LogP contribution is -2.37. The smallest absolute Gasteiger partial charge is 0.275 e. The Morgan fingerprint density at radius 2 is 1.88 bits per heavy atom. The molecular weight excluding hydrogens is 492 g/mol. The van der Waals surface area contributed by atoms with E-state index in [0.29, 0.717) is 31.0 Å². The molecule has 1 aliphatic rings.